The molecule has 3 atom stereocenters. The number of H-pyrrole nitrogens is 1. The van der Waals surface area contributed by atoms with Gasteiger partial charge in [0.25, 0.3) is 0 Å². The molecule has 0 radical (unpaired) electrons. The second-order valence-electron chi connectivity index (χ2n) is 8.07. The maximum atomic E-state index is 12.9. The fraction of sp³-hybridized carbons (Fsp3) is 0.571. The highest BCUT2D eigenvalue weighted by Gasteiger charge is 2.48. The molecule has 7 nitrogen and oxygen atoms in total. The van der Waals surface area contributed by atoms with Gasteiger partial charge in [0.2, 0.25) is 11.8 Å². The Hall–Kier alpha value is -2.19. The van der Waals surface area contributed by atoms with E-state index in [4.69, 9.17) is 0 Å². The molecule has 2 aliphatic rings. The number of hydrogen-bond acceptors (Lipinski definition) is 5. The van der Waals surface area contributed by atoms with E-state index >= 15 is 0 Å². The summed E-state index contributed by atoms with van der Waals surface area (Å²) in [7, 11) is 0. The minimum atomic E-state index is -0.125. The normalized spacial score (nSPS) is 24.7. The Labute approximate surface area is 175 Å². The molecule has 2 aliphatic heterocycles. The molecule has 4 rings (SSSR count). The number of hydrogen-bond donors (Lipinski definition) is 2. The van der Waals surface area contributed by atoms with Gasteiger partial charge in [-0.05, 0) is 31.9 Å². The molecule has 2 N–H and O–H groups in total. The molecule has 2 saturated heterocycles. The quantitative estimate of drug-likeness (QED) is 0.724. The Balaban J connectivity index is 1.37. The number of aryl methyl sites for hydroxylation is 1. The van der Waals surface area contributed by atoms with Gasteiger partial charge in [-0.3, -0.25) is 14.5 Å². The van der Waals surface area contributed by atoms with Crippen molar-refractivity contribution in [3.05, 3.63) is 40.1 Å². The zero-order chi connectivity index (χ0) is 20.4. The van der Waals surface area contributed by atoms with E-state index in [1.54, 1.807) is 23.9 Å². The Bertz CT molecular complexity index is 849. The molecular weight excluding hydrogens is 386 g/mol. The maximum Gasteiger partial charge on any atom is 0.237 e. The fourth-order valence-electron chi connectivity index (χ4n) is 4.76. The molecule has 156 valence electrons. The van der Waals surface area contributed by atoms with Crippen LogP contribution >= 0.6 is 11.3 Å². The smallest absolute Gasteiger partial charge is 0.237 e. The SMILES string of the molecule is CC[C@@H]1[C@H](C(=O)NCCc2cnc[nH]2)C[C@@H]2CN(Cc3ccc(C)s3)CC(=O)N21. The van der Waals surface area contributed by atoms with Gasteiger partial charge in [-0.15, -0.1) is 11.3 Å². The van der Waals surface area contributed by atoms with Gasteiger partial charge in [0.1, 0.15) is 0 Å². The first kappa shape index (κ1) is 20.1. The van der Waals surface area contributed by atoms with Crippen molar-refractivity contribution in [2.75, 3.05) is 19.6 Å². The number of rotatable bonds is 7. The number of imidazole rings is 1. The summed E-state index contributed by atoms with van der Waals surface area (Å²) in [5.41, 5.74) is 1.01. The van der Waals surface area contributed by atoms with Gasteiger partial charge in [0, 0.05) is 59.8 Å². The topological polar surface area (TPSA) is 81.3 Å². The standard InChI is InChI=1S/C21H29N5O2S/c1-3-19-18(21(28)23-7-6-15-9-22-13-24-15)8-16-10-25(12-20(27)26(16)19)11-17-5-4-14(2)29-17/h4-5,9,13,16,18-19H,3,6-8,10-12H2,1-2H3,(H,22,24)(H,23,28)/t16-,18-,19-/m1/s1. The summed E-state index contributed by atoms with van der Waals surface area (Å²) >= 11 is 1.79. The molecule has 29 heavy (non-hydrogen) atoms. The lowest BCUT2D eigenvalue weighted by atomic mass is 9.96. The average Bonchev–Trinajstić information content (AvgIpc) is 3.41. The van der Waals surface area contributed by atoms with Crippen molar-refractivity contribution >= 4 is 23.2 Å². The second kappa shape index (κ2) is 8.67. The maximum absolute atomic E-state index is 12.9. The summed E-state index contributed by atoms with van der Waals surface area (Å²) in [5.74, 6) is 0.104. The van der Waals surface area contributed by atoms with Crippen LogP contribution in [0.3, 0.4) is 0 Å². The van der Waals surface area contributed by atoms with Gasteiger partial charge in [-0.25, -0.2) is 4.98 Å². The van der Waals surface area contributed by atoms with Crippen LogP contribution in [0.2, 0.25) is 0 Å². The van der Waals surface area contributed by atoms with Crippen LogP contribution in [0.5, 0.6) is 0 Å². The van der Waals surface area contributed by atoms with E-state index in [9.17, 15) is 9.59 Å². The van der Waals surface area contributed by atoms with E-state index in [2.05, 4.69) is 46.2 Å². The van der Waals surface area contributed by atoms with Crippen molar-refractivity contribution in [3.63, 3.8) is 0 Å². The van der Waals surface area contributed by atoms with Gasteiger partial charge in [-0.2, -0.15) is 0 Å². The first-order valence-corrected chi connectivity index (χ1v) is 11.2. The predicted molar refractivity (Wildman–Crippen MR) is 112 cm³/mol. The van der Waals surface area contributed by atoms with E-state index in [0.29, 0.717) is 13.1 Å². The third-order valence-electron chi connectivity index (χ3n) is 6.04. The van der Waals surface area contributed by atoms with Gasteiger partial charge < -0.3 is 15.2 Å². The van der Waals surface area contributed by atoms with Crippen molar-refractivity contribution in [1.82, 2.24) is 25.1 Å². The Morgan fingerprint density at radius 1 is 1.41 bits per heavy atom. The third kappa shape index (κ3) is 4.38. The van der Waals surface area contributed by atoms with Crippen molar-refractivity contribution in [3.8, 4) is 0 Å². The summed E-state index contributed by atoms with van der Waals surface area (Å²) in [5, 5.41) is 3.07. The van der Waals surface area contributed by atoms with Crippen LogP contribution in [0.25, 0.3) is 0 Å². The number of carbonyl (C=O) groups excluding carboxylic acids is 2. The van der Waals surface area contributed by atoms with E-state index in [-0.39, 0.29) is 29.8 Å². The van der Waals surface area contributed by atoms with Crippen LogP contribution in [-0.2, 0) is 22.6 Å². The molecule has 4 heterocycles. The minimum Gasteiger partial charge on any atom is -0.355 e. The molecule has 0 unspecified atom stereocenters. The molecule has 0 aromatic carbocycles. The van der Waals surface area contributed by atoms with Crippen molar-refractivity contribution in [2.45, 2.75) is 51.7 Å². The first-order valence-electron chi connectivity index (χ1n) is 10.4. The Morgan fingerprint density at radius 2 is 2.28 bits per heavy atom. The number of fused-ring (bicyclic) bond motifs is 1. The monoisotopic (exact) mass is 415 g/mol. The number of nitrogens with one attached hydrogen (secondary N) is 2. The summed E-state index contributed by atoms with van der Waals surface area (Å²) in [6.45, 7) is 6.86. The minimum absolute atomic E-state index is 0.00536. The summed E-state index contributed by atoms with van der Waals surface area (Å²) < 4.78 is 0. The van der Waals surface area contributed by atoms with E-state index < -0.39 is 0 Å². The van der Waals surface area contributed by atoms with E-state index in [1.165, 1.54) is 9.75 Å². The molecule has 2 aromatic rings. The molecule has 0 aliphatic carbocycles. The van der Waals surface area contributed by atoms with Crippen LogP contribution in [0.1, 0.15) is 35.2 Å². The van der Waals surface area contributed by atoms with Gasteiger partial charge in [0.15, 0.2) is 0 Å². The van der Waals surface area contributed by atoms with Crippen molar-refractivity contribution < 1.29 is 9.59 Å². The highest BCUT2D eigenvalue weighted by molar-refractivity contribution is 7.11. The lowest BCUT2D eigenvalue weighted by Crippen LogP contribution is -2.56. The van der Waals surface area contributed by atoms with Crippen LogP contribution < -0.4 is 5.32 Å². The van der Waals surface area contributed by atoms with Gasteiger partial charge in [-0.1, -0.05) is 6.92 Å². The van der Waals surface area contributed by atoms with Crippen LogP contribution in [0.4, 0.5) is 0 Å². The van der Waals surface area contributed by atoms with Crippen molar-refractivity contribution in [2.24, 2.45) is 5.92 Å². The van der Waals surface area contributed by atoms with Gasteiger partial charge >= 0.3 is 0 Å². The molecule has 2 amide bonds. The number of carbonyl (C=O) groups is 2. The number of aromatic nitrogens is 2. The van der Waals surface area contributed by atoms with Crippen LogP contribution in [-0.4, -0.2) is 63.3 Å². The molecule has 0 saturated carbocycles. The molecule has 8 heteroatoms. The summed E-state index contributed by atoms with van der Waals surface area (Å²) in [6.07, 6.45) is 5.72. The highest BCUT2D eigenvalue weighted by Crippen LogP contribution is 2.35. The van der Waals surface area contributed by atoms with E-state index in [0.717, 1.165) is 38.0 Å². The molecular formula is C21H29N5O2S. The van der Waals surface area contributed by atoms with Crippen molar-refractivity contribution in [1.29, 1.82) is 0 Å². The average molecular weight is 416 g/mol. The number of piperazine rings is 1. The fourth-order valence-corrected chi connectivity index (χ4v) is 5.69. The van der Waals surface area contributed by atoms with E-state index in [1.807, 2.05) is 4.90 Å². The lowest BCUT2D eigenvalue weighted by molar-refractivity contribution is -0.141. The zero-order valence-electron chi connectivity index (χ0n) is 17.1. The molecule has 0 spiro atoms. The van der Waals surface area contributed by atoms with Crippen LogP contribution in [0.15, 0.2) is 24.7 Å². The second-order valence-corrected chi connectivity index (χ2v) is 9.44. The molecule has 2 aromatic heterocycles. The first-order chi connectivity index (χ1) is 14.0. The lowest BCUT2D eigenvalue weighted by Gasteiger charge is -2.39. The number of thiophene rings is 1. The Kier molecular flexibility index (Phi) is 6.01. The number of nitrogens with zero attached hydrogens (tertiary/aromatic N) is 3. The number of aromatic amines is 1. The third-order valence-corrected chi connectivity index (χ3v) is 7.02. The summed E-state index contributed by atoms with van der Waals surface area (Å²) in [4.78, 5) is 39.7. The zero-order valence-corrected chi connectivity index (χ0v) is 17.9. The summed E-state index contributed by atoms with van der Waals surface area (Å²) in [6, 6.07) is 4.41. The van der Waals surface area contributed by atoms with Gasteiger partial charge in [0.05, 0.1) is 18.8 Å². The molecule has 2 fully saturated rings. The van der Waals surface area contributed by atoms with Crippen LogP contribution in [0, 0.1) is 12.8 Å². The predicted octanol–water partition coefficient (Wildman–Crippen LogP) is 1.95. The largest absolute Gasteiger partial charge is 0.355 e. The number of amides is 2. The highest BCUT2D eigenvalue weighted by atomic mass is 32.1. The Morgan fingerprint density at radius 3 is 2.97 bits per heavy atom. The molecule has 0 bridgehead atoms.